The van der Waals surface area contributed by atoms with Gasteiger partial charge in [-0.25, -0.2) is 9.78 Å². The van der Waals surface area contributed by atoms with Crippen LogP contribution in [0.1, 0.15) is 31.1 Å². The van der Waals surface area contributed by atoms with Crippen LogP contribution in [0.3, 0.4) is 0 Å². The van der Waals surface area contributed by atoms with E-state index in [2.05, 4.69) is 29.6 Å². The molecule has 2 N–H and O–H groups in total. The molecule has 5 rings (SSSR count). The first-order chi connectivity index (χ1) is 17.3. The summed E-state index contributed by atoms with van der Waals surface area (Å²) in [6.07, 6.45) is 1.99. The van der Waals surface area contributed by atoms with E-state index in [-0.39, 0.29) is 11.7 Å². The lowest BCUT2D eigenvalue weighted by Gasteiger charge is -2.19. The molecule has 0 spiro atoms. The number of nitrogens with one attached hydrogen (secondary N) is 1. The molecule has 0 aliphatic rings. The van der Waals surface area contributed by atoms with E-state index in [9.17, 15) is 9.90 Å². The second kappa shape index (κ2) is 9.23. The van der Waals surface area contributed by atoms with Gasteiger partial charge in [-0.15, -0.1) is 0 Å². The molecule has 0 amide bonds. The number of carbonyl (C=O) groups is 1. The highest BCUT2D eigenvalue weighted by Gasteiger charge is 2.19. The third-order valence-corrected chi connectivity index (χ3v) is 5.66. The summed E-state index contributed by atoms with van der Waals surface area (Å²) >= 11 is 0. The number of fused-ring (bicyclic) bond motifs is 1. The Kier molecular flexibility index (Phi) is 5.94. The van der Waals surface area contributed by atoms with E-state index >= 15 is 0 Å². The molecule has 5 aromatic rings. The zero-order valence-corrected chi connectivity index (χ0v) is 20.4. The Labute approximate surface area is 209 Å². The van der Waals surface area contributed by atoms with Crippen molar-refractivity contribution in [3.05, 3.63) is 103 Å². The molecule has 36 heavy (non-hydrogen) atoms. The van der Waals surface area contributed by atoms with Crippen LogP contribution in [-0.2, 0) is 4.74 Å². The first-order valence-corrected chi connectivity index (χ1v) is 11.7. The first kappa shape index (κ1) is 23.2. The predicted molar refractivity (Wildman–Crippen MR) is 143 cm³/mol. The van der Waals surface area contributed by atoms with Crippen molar-refractivity contribution < 1.29 is 14.6 Å². The minimum absolute atomic E-state index is 0.195. The number of phenolic OH excluding ortho intramolecular Hbond substituents is 1. The molecule has 0 aliphatic carbocycles. The van der Waals surface area contributed by atoms with Gasteiger partial charge in [-0.3, -0.25) is 4.40 Å². The van der Waals surface area contributed by atoms with Crippen molar-refractivity contribution in [2.24, 2.45) is 0 Å². The SMILES string of the molecule is CC(C)(C)OC(=O)c1ccc(Nc2c(-c3ccc(O)cc3)nc3cc(-c4ccccc4)ccn23)cc1. The van der Waals surface area contributed by atoms with E-state index in [1.165, 1.54) is 0 Å². The lowest BCUT2D eigenvalue weighted by atomic mass is 10.1. The van der Waals surface area contributed by atoms with Gasteiger partial charge in [0.25, 0.3) is 0 Å². The monoisotopic (exact) mass is 477 g/mol. The molecule has 2 aromatic heterocycles. The summed E-state index contributed by atoms with van der Waals surface area (Å²) in [6.45, 7) is 5.54. The highest BCUT2D eigenvalue weighted by molar-refractivity contribution is 5.90. The summed E-state index contributed by atoms with van der Waals surface area (Å²) < 4.78 is 7.46. The van der Waals surface area contributed by atoms with Crippen LogP contribution in [0.25, 0.3) is 28.0 Å². The topological polar surface area (TPSA) is 75.9 Å². The summed E-state index contributed by atoms with van der Waals surface area (Å²) in [5.41, 5.74) is 5.31. The molecule has 6 heteroatoms. The number of anilines is 2. The Morgan fingerprint density at radius 2 is 1.56 bits per heavy atom. The van der Waals surface area contributed by atoms with Crippen molar-refractivity contribution in [3.63, 3.8) is 0 Å². The number of carbonyl (C=O) groups excluding carboxylic acids is 1. The number of pyridine rings is 1. The van der Waals surface area contributed by atoms with Crippen LogP contribution >= 0.6 is 0 Å². The molecule has 0 unspecified atom stereocenters. The molecule has 0 aliphatic heterocycles. The molecule has 0 radical (unpaired) electrons. The number of ether oxygens (including phenoxy) is 1. The fourth-order valence-electron chi connectivity index (χ4n) is 3.96. The molecule has 0 saturated carbocycles. The molecule has 6 nitrogen and oxygen atoms in total. The zero-order valence-electron chi connectivity index (χ0n) is 20.4. The molecule has 2 heterocycles. The van der Waals surface area contributed by atoms with Crippen LogP contribution in [0.15, 0.2) is 97.2 Å². The second-order valence-corrected chi connectivity index (χ2v) is 9.57. The maximum absolute atomic E-state index is 12.4. The number of imidazole rings is 1. The average Bonchev–Trinajstić information content (AvgIpc) is 3.22. The number of aromatic hydroxyl groups is 1. The second-order valence-electron chi connectivity index (χ2n) is 9.57. The maximum atomic E-state index is 12.4. The number of esters is 1. The quantitative estimate of drug-likeness (QED) is 0.265. The summed E-state index contributed by atoms with van der Waals surface area (Å²) in [7, 11) is 0. The van der Waals surface area contributed by atoms with E-state index in [0.717, 1.165) is 39.5 Å². The molecular weight excluding hydrogens is 450 g/mol. The van der Waals surface area contributed by atoms with Crippen molar-refractivity contribution in [1.82, 2.24) is 9.38 Å². The van der Waals surface area contributed by atoms with Gasteiger partial charge in [0.15, 0.2) is 0 Å². The number of nitrogens with zero attached hydrogens (tertiary/aromatic N) is 2. The van der Waals surface area contributed by atoms with E-state index in [1.54, 1.807) is 24.3 Å². The molecule has 180 valence electrons. The van der Waals surface area contributed by atoms with Gasteiger partial charge >= 0.3 is 5.97 Å². The summed E-state index contributed by atoms with van der Waals surface area (Å²) in [6, 6.07) is 28.4. The minimum Gasteiger partial charge on any atom is -0.508 e. The minimum atomic E-state index is -0.553. The summed E-state index contributed by atoms with van der Waals surface area (Å²) in [5.74, 6) is 0.614. The highest BCUT2D eigenvalue weighted by Crippen LogP contribution is 2.33. The Bertz CT molecular complexity index is 1510. The van der Waals surface area contributed by atoms with Gasteiger partial charge in [0.2, 0.25) is 0 Å². The number of benzene rings is 3. The lowest BCUT2D eigenvalue weighted by molar-refractivity contribution is 0.00695. The Morgan fingerprint density at radius 1 is 0.861 bits per heavy atom. The molecule has 0 bridgehead atoms. The van der Waals surface area contributed by atoms with E-state index in [0.29, 0.717) is 5.56 Å². The number of hydrogen-bond donors (Lipinski definition) is 2. The fraction of sp³-hybridized carbons (Fsp3) is 0.133. The molecule has 3 aromatic carbocycles. The third kappa shape index (κ3) is 4.93. The zero-order chi connectivity index (χ0) is 25.3. The van der Waals surface area contributed by atoms with Crippen LogP contribution in [0.4, 0.5) is 11.5 Å². The fourth-order valence-corrected chi connectivity index (χ4v) is 3.96. The van der Waals surface area contributed by atoms with Gasteiger partial charge in [-0.1, -0.05) is 30.3 Å². The van der Waals surface area contributed by atoms with Crippen molar-refractivity contribution in [2.75, 3.05) is 5.32 Å². The van der Waals surface area contributed by atoms with Crippen LogP contribution in [0.2, 0.25) is 0 Å². The van der Waals surface area contributed by atoms with Crippen molar-refractivity contribution in [2.45, 2.75) is 26.4 Å². The number of hydrogen-bond acceptors (Lipinski definition) is 5. The normalized spacial score (nSPS) is 11.4. The lowest BCUT2D eigenvalue weighted by Crippen LogP contribution is -2.23. The van der Waals surface area contributed by atoms with Gasteiger partial charge < -0.3 is 15.2 Å². The predicted octanol–water partition coefficient (Wildman–Crippen LogP) is 7.07. The number of phenols is 1. The number of aromatic nitrogens is 2. The van der Waals surface area contributed by atoms with Crippen molar-refractivity contribution >= 4 is 23.1 Å². The average molecular weight is 478 g/mol. The van der Waals surface area contributed by atoms with Crippen LogP contribution in [0.5, 0.6) is 5.75 Å². The van der Waals surface area contributed by atoms with Crippen LogP contribution in [-0.4, -0.2) is 26.1 Å². The van der Waals surface area contributed by atoms with Crippen LogP contribution in [0, 0.1) is 0 Å². The van der Waals surface area contributed by atoms with Gasteiger partial charge in [0.1, 0.15) is 28.5 Å². The summed E-state index contributed by atoms with van der Waals surface area (Å²) in [5, 5.41) is 13.2. The standard InChI is InChI=1S/C30H27N3O3/c1-30(2,3)36-29(35)22-9-13-24(14-10-22)31-28-27(21-11-15-25(34)16-12-21)32-26-19-23(17-18-33(26)28)20-7-5-4-6-8-20/h4-19,31,34H,1-3H3. The largest absolute Gasteiger partial charge is 0.508 e. The highest BCUT2D eigenvalue weighted by atomic mass is 16.6. The maximum Gasteiger partial charge on any atom is 0.338 e. The first-order valence-electron chi connectivity index (χ1n) is 11.7. The van der Waals surface area contributed by atoms with Gasteiger partial charge in [-0.2, -0.15) is 0 Å². The smallest absolute Gasteiger partial charge is 0.338 e. The molecule has 0 atom stereocenters. The molecule has 0 saturated heterocycles. The molecule has 0 fully saturated rings. The third-order valence-electron chi connectivity index (χ3n) is 5.66. The number of rotatable bonds is 5. The Morgan fingerprint density at radius 3 is 2.22 bits per heavy atom. The van der Waals surface area contributed by atoms with E-state index in [4.69, 9.17) is 9.72 Å². The van der Waals surface area contributed by atoms with Gasteiger partial charge in [0.05, 0.1) is 5.56 Å². The van der Waals surface area contributed by atoms with Gasteiger partial charge in [-0.05, 0) is 92.6 Å². The van der Waals surface area contributed by atoms with Crippen molar-refractivity contribution in [3.8, 4) is 28.1 Å². The molecular formula is C30H27N3O3. The Balaban J connectivity index is 1.53. The van der Waals surface area contributed by atoms with Crippen molar-refractivity contribution in [1.29, 1.82) is 0 Å². The van der Waals surface area contributed by atoms with E-state index < -0.39 is 5.60 Å². The summed E-state index contributed by atoms with van der Waals surface area (Å²) in [4.78, 5) is 17.3. The Hall–Kier alpha value is -4.58. The van der Waals surface area contributed by atoms with E-state index in [1.807, 2.05) is 73.8 Å². The van der Waals surface area contributed by atoms with Crippen LogP contribution < -0.4 is 5.32 Å². The van der Waals surface area contributed by atoms with Gasteiger partial charge in [0, 0.05) is 17.4 Å².